The van der Waals surface area contributed by atoms with Crippen molar-refractivity contribution in [2.75, 3.05) is 32.1 Å². The molecule has 3 heterocycles. The SMILES string of the molecule is CCS(=O)(=O)N1CCC2(CC1)CO[C@H](COc1cccnc1)C2. The lowest BCUT2D eigenvalue weighted by Gasteiger charge is -2.37. The van der Waals surface area contributed by atoms with Gasteiger partial charge in [-0.1, -0.05) is 0 Å². The topological polar surface area (TPSA) is 68.7 Å². The Kier molecular flexibility index (Phi) is 4.89. The molecule has 1 aromatic rings. The molecule has 1 aromatic heterocycles. The van der Waals surface area contributed by atoms with Gasteiger partial charge in [-0.3, -0.25) is 4.98 Å². The highest BCUT2D eigenvalue weighted by atomic mass is 32.2. The smallest absolute Gasteiger partial charge is 0.213 e. The zero-order chi connectivity index (χ0) is 16.3. The fraction of sp³-hybridized carbons (Fsp3) is 0.688. The predicted molar refractivity (Wildman–Crippen MR) is 86.8 cm³/mol. The molecule has 0 unspecified atom stereocenters. The maximum atomic E-state index is 12.0. The molecule has 7 heteroatoms. The minimum absolute atomic E-state index is 0.0736. The van der Waals surface area contributed by atoms with E-state index in [1.165, 1.54) is 0 Å². The summed E-state index contributed by atoms with van der Waals surface area (Å²) in [5, 5.41) is 0. The van der Waals surface area contributed by atoms with Crippen molar-refractivity contribution in [3.63, 3.8) is 0 Å². The van der Waals surface area contributed by atoms with Gasteiger partial charge in [0.05, 0.1) is 24.7 Å². The Balaban J connectivity index is 1.50. The van der Waals surface area contributed by atoms with E-state index in [1.807, 2.05) is 12.1 Å². The average Bonchev–Trinajstić information content (AvgIpc) is 2.97. The summed E-state index contributed by atoms with van der Waals surface area (Å²) in [5.74, 6) is 0.929. The lowest BCUT2D eigenvalue weighted by atomic mass is 9.77. The van der Waals surface area contributed by atoms with Crippen LogP contribution < -0.4 is 4.74 Å². The molecule has 23 heavy (non-hydrogen) atoms. The van der Waals surface area contributed by atoms with E-state index in [4.69, 9.17) is 9.47 Å². The number of pyridine rings is 1. The monoisotopic (exact) mass is 340 g/mol. The summed E-state index contributed by atoms with van der Waals surface area (Å²) in [6.07, 6.45) is 6.16. The van der Waals surface area contributed by atoms with Crippen molar-refractivity contribution in [3.8, 4) is 5.75 Å². The molecule has 2 aliphatic heterocycles. The van der Waals surface area contributed by atoms with Crippen molar-refractivity contribution in [1.29, 1.82) is 0 Å². The van der Waals surface area contributed by atoms with Crippen LogP contribution in [0.15, 0.2) is 24.5 Å². The maximum Gasteiger partial charge on any atom is 0.213 e. The van der Waals surface area contributed by atoms with Gasteiger partial charge in [-0.2, -0.15) is 0 Å². The Hall–Kier alpha value is -1.18. The van der Waals surface area contributed by atoms with Gasteiger partial charge in [0.15, 0.2) is 0 Å². The van der Waals surface area contributed by atoms with E-state index >= 15 is 0 Å². The molecule has 3 rings (SSSR count). The van der Waals surface area contributed by atoms with Gasteiger partial charge in [0.25, 0.3) is 0 Å². The molecule has 0 amide bonds. The van der Waals surface area contributed by atoms with E-state index in [9.17, 15) is 8.42 Å². The van der Waals surface area contributed by atoms with E-state index in [0.717, 1.165) is 25.0 Å². The van der Waals surface area contributed by atoms with Crippen LogP contribution in [0, 0.1) is 5.41 Å². The minimum atomic E-state index is -3.07. The molecule has 0 aliphatic carbocycles. The highest BCUT2D eigenvalue weighted by Gasteiger charge is 2.44. The molecule has 0 radical (unpaired) electrons. The van der Waals surface area contributed by atoms with Crippen LogP contribution in [0.1, 0.15) is 26.2 Å². The molecule has 6 nitrogen and oxygen atoms in total. The van der Waals surface area contributed by atoms with Gasteiger partial charge >= 0.3 is 0 Å². The summed E-state index contributed by atoms with van der Waals surface area (Å²) in [5.41, 5.74) is 0.114. The molecular weight excluding hydrogens is 316 g/mol. The van der Waals surface area contributed by atoms with E-state index in [1.54, 1.807) is 23.6 Å². The normalized spacial score (nSPS) is 24.8. The maximum absolute atomic E-state index is 12.0. The van der Waals surface area contributed by atoms with Crippen molar-refractivity contribution in [1.82, 2.24) is 9.29 Å². The average molecular weight is 340 g/mol. The Morgan fingerprint density at radius 2 is 2.22 bits per heavy atom. The second-order valence-electron chi connectivity index (χ2n) is 6.44. The number of aromatic nitrogens is 1. The molecule has 1 atom stereocenters. The third kappa shape index (κ3) is 3.84. The first-order valence-corrected chi connectivity index (χ1v) is 9.76. The van der Waals surface area contributed by atoms with E-state index in [-0.39, 0.29) is 17.3 Å². The first-order chi connectivity index (χ1) is 11.0. The lowest BCUT2D eigenvalue weighted by molar-refractivity contribution is 0.0539. The Labute approximate surface area is 137 Å². The molecule has 0 N–H and O–H groups in total. The summed E-state index contributed by atoms with van der Waals surface area (Å²) < 4.78 is 37.1. The second kappa shape index (κ2) is 6.75. The van der Waals surface area contributed by atoms with Crippen molar-refractivity contribution >= 4 is 10.0 Å². The number of rotatable bonds is 5. The van der Waals surface area contributed by atoms with Crippen LogP contribution in [0.2, 0.25) is 0 Å². The number of nitrogens with zero attached hydrogens (tertiary/aromatic N) is 2. The van der Waals surface area contributed by atoms with Gasteiger partial charge < -0.3 is 9.47 Å². The molecule has 2 aliphatic rings. The standard InChI is InChI=1S/C16H24N2O4S/c1-2-23(19,20)18-8-5-16(6-9-18)10-15(22-13-16)12-21-14-4-3-7-17-11-14/h3-4,7,11,15H,2,5-6,8-10,12-13H2,1H3/t15-/m0/s1. The van der Waals surface area contributed by atoms with Gasteiger partial charge in [-0.25, -0.2) is 12.7 Å². The summed E-state index contributed by atoms with van der Waals surface area (Å²) in [6, 6.07) is 3.72. The molecule has 128 valence electrons. The molecule has 2 saturated heterocycles. The second-order valence-corrected chi connectivity index (χ2v) is 8.69. The molecular formula is C16H24N2O4S. The third-order valence-electron chi connectivity index (χ3n) is 4.90. The van der Waals surface area contributed by atoms with Crippen molar-refractivity contribution in [3.05, 3.63) is 24.5 Å². The lowest BCUT2D eigenvalue weighted by Crippen LogP contribution is -2.44. The van der Waals surface area contributed by atoms with Gasteiger partial charge in [0.1, 0.15) is 12.4 Å². The van der Waals surface area contributed by atoms with E-state index < -0.39 is 10.0 Å². The van der Waals surface area contributed by atoms with E-state index in [0.29, 0.717) is 26.3 Å². The number of ether oxygens (including phenoxy) is 2. The van der Waals surface area contributed by atoms with Crippen LogP contribution in [-0.2, 0) is 14.8 Å². The van der Waals surface area contributed by atoms with Crippen molar-refractivity contribution in [2.45, 2.75) is 32.3 Å². The fourth-order valence-corrected chi connectivity index (χ4v) is 4.50. The summed E-state index contributed by atoms with van der Waals surface area (Å²) in [4.78, 5) is 4.02. The van der Waals surface area contributed by atoms with Crippen LogP contribution >= 0.6 is 0 Å². The zero-order valence-corrected chi connectivity index (χ0v) is 14.3. The van der Waals surface area contributed by atoms with Gasteiger partial charge in [0.2, 0.25) is 10.0 Å². The van der Waals surface area contributed by atoms with Crippen LogP contribution in [0.3, 0.4) is 0 Å². The molecule has 0 saturated carbocycles. The summed E-state index contributed by atoms with van der Waals surface area (Å²) in [6.45, 7) is 4.13. The largest absolute Gasteiger partial charge is 0.489 e. The molecule has 2 fully saturated rings. The number of hydrogen-bond donors (Lipinski definition) is 0. The number of piperidine rings is 1. The van der Waals surface area contributed by atoms with Crippen LogP contribution in [0.25, 0.3) is 0 Å². The van der Waals surface area contributed by atoms with Gasteiger partial charge in [-0.05, 0) is 43.7 Å². The first-order valence-electron chi connectivity index (χ1n) is 8.15. The van der Waals surface area contributed by atoms with Crippen LogP contribution in [0.4, 0.5) is 0 Å². The highest BCUT2D eigenvalue weighted by molar-refractivity contribution is 7.89. The van der Waals surface area contributed by atoms with Crippen LogP contribution in [-0.4, -0.2) is 55.9 Å². The van der Waals surface area contributed by atoms with Gasteiger partial charge in [0, 0.05) is 19.3 Å². The van der Waals surface area contributed by atoms with Crippen molar-refractivity contribution < 1.29 is 17.9 Å². The Morgan fingerprint density at radius 1 is 1.43 bits per heavy atom. The quantitative estimate of drug-likeness (QED) is 0.816. The first kappa shape index (κ1) is 16.7. The van der Waals surface area contributed by atoms with Crippen LogP contribution in [0.5, 0.6) is 5.75 Å². The summed E-state index contributed by atoms with van der Waals surface area (Å²) >= 11 is 0. The molecule has 0 bridgehead atoms. The summed E-state index contributed by atoms with van der Waals surface area (Å²) in [7, 11) is -3.07. The number of sulfonamides is 1. The van der Waals surface area contributed by atoms with Crippen molar-refractivity contribution in [2.24, 2.45) is 5.41 Å². The minimum Gasteiger partial charge on any atom is -0.489 e. The Morgan fingerprint density at radius 3 is 2.87 bits per heavy atom. The van der Waals surface area contributed by atoms with E-state index in [2.05, 4.69) is 4.98 Å². The number of hydrogen-bond acceptors (Lipinski definition) is 5. The third-order valence-corrected chi connectivity index (χ3v) is 6.78. The Bertz CT molecular complexity index is 612. The van der Waals surface area contributed by atoms with Gasteiger partial charge in [-0.15, -0.1) is 0 Å². The highest BCUT2D eigenvalue weighted by Crippen LogP contribution is 2.42. The molecule has 1 spiro atoms. The fourth-order valence-electron chi connectivity index (χ4n) is 3.39. The predicted octanol–water partition coefficient (Wildman–Crippen LogP) is 1.68. The molecule has 0 aromatic carbocycles. The zero-order valence-electron chi connectivity index (χ0n) is 13.5.